The van der Waals surface area contributed by atoms with Crippen LogP contribution in [0.5, 0.6) is 0 Å². The molecule has 16 heavy (non-hydrogen) atoms. The molecule has 2 radical (unpaired) electrons. The van der Waals surface area contributed by atoms with Gasteiger partial charge >= 0.3 is 0 Å². The lowest BCUT2D eigenvalue weighted by molar-refractivity contribution is -0.126. The van der Waals surface area contributed by atoms with E-state index < -0.39 is 11.9 Å². The molecule has 4 heteroatoms. The molecule has 0 aromatic carbocycles. The average molecular weight is 224 g/mol. The zero-order valence-electron chi connectivity index (χ0n) is 9.79. The minimum absolute atomic E-state index is 0.163. The molecule has 1 atom stereocenters. The molecular formula is C12H20N2O2. The Hall–Kier alpha value is -1.06. The monoisotopic (exact) mass is 224 g/mol. The van der Waals surface area contributed by atoms with Crippen LogP contribution in [0, 0.1) is 12.8 Å². The fraction of sp³-hybridized carbons (Fsp3) is 0.750. The molecule has 90 valence electrons. The predicted octanol–water partition coefficient (Wildman–Crippen LogP) is 0.899. The van der Waals surface area contributed by atoms with Crippen molar-refractivity contribution in [2.45, 2.75) is 45.1 Å². The van der Waals surface area contributed by atoms with Gasteiger partial charge in [0.25, 0.3) is 0 Å². The molecule has 4 nitrogen and oxygen atoms in total. The summed E-state index contributed by atoms with van der Waals surface area (Å²) in [6.45, 7) is 7.28. The van der Waals surface area contributed by atoms with Crippen LogP contribution in [0.3, 0.4) is 0 Å². The molecule has 0 aliphatic heterocycles. The van der Waals surface area contributed by atoms with Crippen molar-refractivity contribution in [3.05, 3.63) is 6.92 Å². The molecule has 0 saturated heterocycles. The van der Waals surface area contributed by atoms with Gasteiger partial charge in [0, 0.05) is 6.54 Å². The number of carbonyl (C=O) groups excluding carboxylic acids is 2. The third kappa shape index (κ3) is 4.64. The molecule has 1 rings (SSSR count). The summed E-state index contributed by atoms with van der Waals surface area (Å²) in [5, 5.41) is 5.21. The minimum Gasteiger partial charge on any atom is -0.354 e. The van der Waals surface area contributed by atoms with Gasteiger partial charge in [0.1, 0.15) is 6.04 Å². The van der Waals surface area contributed by atoms with E-state index in [1.165, 1.54) is 32.1 Å². The average Bonchev–Trinajstić information content (AvgIpc) is 2.26. The predicted molar refractivity (Wildman–Crippen MR) is 61.5 cm³/mol. The molecule has 0 heterocycles. The van der Waals surface area contributed by atoms with Gasteiger partial charge in [0.15, 0.2) is 0 Å². The van der Waals surface area contributed by atoms with Crippen molar-refractivity contribution < 1.29 is 9.59 Å². The Kier molecular flexibility index (Phi) is 5.29. The Labute approximate surface area is 97.2 Å². The lowest BCUT2D eigenvalue weighted by Gasteiger charge is -2.22. The number of hydrogen-bond acceptors (Lipinski definition) is 2. The summed E-state index contributed by atoms with van der Waals surface area (Å²) in [4.78, 5) is 22.1. The van der Waals surface area contributed by atoms with E-state index >= 15 is 0 Å². The van der Waals surface area contributed by atoms with Crippen molar-refractivity contribution >= 4 is 11.8 Å². The Morgan fingerprint density at radius 2 is 1.94 bits per heavy atom. The lowest BCUT2D eigenvalue weighted by Crippen LogP contribution is -2.45. The molecule has 1 aliphatic carbocycles. The fourth-order valence-electron chi connectivity index (χ4n) is 2.07. The van der Waals surface area contributed by atoms with Crippen LogP contribution in [0.2, 0.25) is 0 Å². The molecule has 0 bridgehead atoms. The number of carbonyl (C=O) groups is 2. The first-order valence-corrected chi connectivity index (χ1v) is 5.93. The standard InChI is InChI=1S/C12H20N2O2/c1-9(14-10(2)15)12(16)13-8-11-6-4-3-5-7-11/h2,9,11H,3-8H2,1H3,(H,13,16)(H,14,15). The van der Waals surface area contributed by atoms with Crippen molar-refractivity contribution in [1.82, 2.24) is 10.6 Å². The van der Waals surface area contributed by atoms with Crippen LogP contribution in [0.25, 0.3) is 0 Å². The third-order valence-corrected chi connectivity index (χ3v) is 3.04. The normalized spacial score (nSPS) is 18.9. The maximum absolute atomic E-state index is 11.5. The fourth-order valence-corrected chi connectivity index (χ4v) is 2.07. The summed E-state index contributed by atoms with van der Waals surface area (Å²) in [6.07, 6.45) is 6.21. The van der Waals surface area contributed by atoms with E-state index in [4.69, 9.17) is 6.92 Å². The minimum atomic E-state index is -0.666. The first-order valence-electron chi connectivity index (χ1n) is 5.93. The van der Waals surface area contributed by atoms with Gasteiger partial charge in [-0.2, -0.15) is 0 Å². The van der Waals surface area contributed by atoms with Gasteiger partial charge in [0.2, 0.25) is 11.8 Å². The van der Waals surface area contributed by atoms with Crippen LogP contribution in [0.4, 0.5) is 0 Å². The summed E-state index contributed by atoms with van der Waals surface area (Å²) in [5.74, 6) is -0.233. The summed E-state index contributed by atoms with van der Waals surface area (Å²) >= 11 is 0. The number of hydrogen-bond donors (Lipinski definition) is 2. The van der Waals surface area contributed by atoms with Crippen LogP contribution in [-0.4, -0.2) is 24.4 Å². The number of rotatable bonds is 4. The number of nitrogens with one attached hydrogen (secondary N) is 2. The molecule has 0 aromatic heterocycles. The molecule has 1 fully saturated rings. The molecule has 0 aromatic rings. The van der Waals surface area contributed by atoms with Crippen LogP contribution in [0.1, 0.15) is 39.0 Å². The summed E-state index contributed by atoms with van der Waals surface area (Å²) in [6, 6.07) is -0.555. The van der Waals surface area contributed by atoms with Gasteiger partial charge < -0.3 is 10.6 Å². The molecular weight excluding hydrogens is 204 g/mol. The van der Waals surface area contributed by atoms with Crippen molar-refractivity contribution in [3.8, 4) is 0 Å². The Morgan fingerprint density at radius 3 is 2.50 bits per heavy atom. The maximum Gasteiger partial charge on any atom is 0.242 e. The highest BCUT2D eigenvalue weighted by molar-refractivity contribution is 5.88. The number of amides is 2. The zero-order chi connectivity index (χ0) is 12.0. The molecule has 1 unspecified atom stereocenters. The highest BCUT2D eigenvalue weighted by Crippen LogP contribution is 2.22. The van der Waals surface area contributed by atoms with E-state index in [0.717, 1.165) is 0 Å². The largest absolute Gasteiger partial charge is 0.354 e. The Morgan fingerprint density at radius 1 is 1.31 bits per heavy atom. The zero-order valence-corrected chi connectivity index (χ0v) is 9.79. The summed E-state index contributed by atoms with van der Waals surface area (Å²) < 4.78 is 0. The summed E-state index contributed by atoms with van der Waals surface area (Å²) in [5.41, 5.74) is 0. The first kappa shape index (κ1) is 13.0. The second kappa shape index (κ2) is 6.51. The van der Waals surface area contributed by atoms with Crippen molar-refractivity contribution in [2.24, 2.45) is 5.92 Å². The van der Waals surface area contributed by atoms with E-state index in [9.17, 15) is 9.59 Å². The molecule has 1 aliphatic rings. The molecule has 2 amide bonds. The van der Waals surface area contributed by atoms with E-state index in [-0.39, 0.29) is 5.91 Å². The van der Waals surface area contributed by atoms with E-state index in [2.05, 4.69) is 10.6 Å². The quantitative estimate of drug-likeness (QED) is 0.745. The second-order valence-electron chi connectivity index (χ2n) is 4.48. The van der Waals surface area contributed by atoms with Gasteiger partial charge in [-0.25, -0.2) is 0 Å². The van der Waals surface area contributed by atoms with Crippen LogP contribution >= 0.6 is 0 Å². The van der Waals surface area contributed by atoms with Crippen LogP contribution in [0.15, 0.2) is 0 Å². The van der Waals surface area contributed by atoms with Crippen LogP contribution < -0.4 is 10.6 Å². The van der Waals surface area contributed by atoms with E-state index in [1.54, 1.807) is 6.92 Å². The topological polar surface area (TPSA) is 58.2 Å². The highest BCUT2D eigenvalue weighted by atomic mass is 16.2. The molecule has 2 N–H and O–H groups in total. The first-order chi connectivity index (χ1) is 7.59. The molecule has 1 saturated carbocycles. The summed E-state index contributed by atoms with van der Waals surface area (Å²) in [7, 11) is 0. The van der Waals surface area contributed by atoms with Gasteiger partial charge in [0.05, 0.1) is 6.92 Å². The Bertz CT molecular complexity index is 247. The highest BCUT2D eigenvalue weighted by Gasteiger charge is 2.17. The second-order valence-corrected chi connectivity index (χ2v) is 4.48. The van der Waals surface area contributed by atoms with E-state index in [1.807, 2.05) is 0 Å². The van der Waals surface area contributed by atoms with Gasteiger partial charge in [-0.1, -0.05) is 19.3 Å². The Balaban J connectivity index is 2.20. The maximum atomic E-state index is 11.5. The van der Waals surface area contributed by atoms with Crippen molar-refractivity contribution in [3.63, 3.8) is 0 Å². The van der Waals surface area contributed by atoms with E-state index in [0.29, 0.717) is 12.5 Å². The smallest absolute Gasteiger partial charge is 0.242 e. The van der Waals surface area contributed by atoms with Crippen LogP contribution in [-0.2, 0) is 9.59 Å². The van der Waals surface area contributed by atoms with Gasteiger partial charge in [-0.15, -0.1) is 0 Å². The SMILES string of the molecule is [CH]C(=O)NC(C)C(=O)NCC1CCCCC1. The van der Waals surface area contributed by atoms with Crippen molar-refractivity contribution in [2.75, 3.05) is 6.54 Å². The van der Waals surface area contributed by atoms with Gasteiger partial charge in [-0.3, -0.25) is 9.59 Å². The van der Waals surface area contributed by atoms with Crippen molar-refractivity contribution in [1.29, 1.82) is 0 Å². The van der Waals surface area contributed by atoms with Gasteiger partial charge in [-0.05, 0) is 25.7 Å². The molecule has 0 spiro atoms. The third-order valence-electron chi connectivity index (χ3n) is 3.04. The lowest BCUT2D eigenvalue weighted by atomic mass is 9.89.